The van der Waals surface area contributed by atoms with Crippen LogP contribution in [-0.2, 0) is 6.54 Å². The molecule has 0 spiro atoms. The fourth-order valence-electron chi connectivity index (χ4n) is 3.82. The van der Waals surface area contributed by atoms with E-state index in [1.165, 1.54) is 0 Å². The zero-order valence-corrected chi connectivity index (χ0v) is 15.8. The van der Waals surface area contributed by atoms with Gasteiger partial charge in [-0.05, 0) is 61.2 Å². The van der Waals surface area contributed by atoms with Gasteiger partial charge in [0.1, 0.15) is 0 Å². The number of hydrogen-bond acceptors (Lipinski definition) is 4. The summed E-state index contributed by atoms with van der Waals surface area (Å²) in [7, 11) is 0. The molecule has 3 atom stereocenters. The lowest BCUT2D eigenvalue weighted by Gasteiger charge is -2.30. The zero-order chi connectivity index (χ0) is 18.8. The monoisotopic (exact) mass is 385 g/mol. The minimum Gasteiger partial charge on any atom is -0.392 e. The zero-order valence-electron chi connectivity index (χ0n) is 15.1. The number of rotatable bonds is 5. The third-order valence-corrected chi connectivity index (χ3v) is 5.50. The first kappa shape index (κ1) is 18.4. The molecule has 27 heavy (non-hydrogen) atoms. The Kier molecular flexibility index (Phi) is 5.45. The number of benzene rings is 2. The average molecular weight is 386 g/mol. The highest BCUT2D eigenvalue weighted by atomic mass is 35.5. The number of imidazole rings is 1. The Morgan fingerprint density at radius 3 is 2.89 bits per heavy atom. The Balaban J connectivity index is 1.54. The van der Waals surface area contributed by atoms with E-state index in [0.29, 0.717) is 18.0 Å². The lowest BCUT2D eigenvalue weighted by molar-refractivity contribution is 0.0547. The van der Waals surface area contributed by atoms with Gasteiger partial charge in [-0.15, -0.1) is 0 Å². The first-order valence-corrected chi connectivity index (χ1v) is 9.78. The molecule has 1 saturated heterocycles. The van der Waals surface area contributed by atoms with Gasteiger partial charge in [-0.1, -0.05) is 29.8 Å². The van der Waals surface area contributed by atoms with Crippen molar-refractivity contribution in [3.8, 4) is 11.1 Å². The first-order chi connectivity index (χ1) is 13.1. The third-order valence-electron chi connectivity index (χ3n) is 5.26. The maximum absolute atomic E-state index is 10.6. The highest BCUT2D eigenvalue weighted by molar-refractivity contribution is 6.30. The van der Waals surface area contributed by atoms with Crippen molar-refractivity contribution in [3.63, 3.8) is 0 Å². The van der Waals surface area contributed by atoms with Crippen LogP contribution < -0.4 is 5.32 Å². The van der Waals surface area contributed by atoms with E-state index >= 15 is 0 Å². The maximum atomic E-state index is 10.6. The molecule has 3 N–H and O–H groups in total. The van der Waals surface area contributed by atoms with Gasteiger partial charge in [0.05, 0.1) is 36.1 Å². The van der Waals surface area contributed by atoms with Crippen molar-refractivity contribution >= 4 is 22.6 Å². The summed E-state index contributed by atoms with van der Waals surface area (Å²) in [5.41, 5.74) is 3.98. The molecule has 3 aromatic rings. The summed E-state index contributed by atoms with van der Waals surface area (Å²) < 4.78 is 1.98. The molecule has 0 aliphatic carbocycles. The van der Waals surface area contributed by atoms with Crippen molar-refractivity contribution in [2.24, 2.45) is 0 Å². The number of piperidine rings is 1. The van der Waals surface area contributed by atoms with Crippen LogP contribution in [0.5, 0.6) is 0 Å². The number of nitrogens with one attached hydrogen (secondary N) is 1. The molecule has 0 bridgehead atoms. The number of aliphatic hydroxyl groups is 2. The second-order valence-corrected chi connectivity index (χ2v) is 7.71. The van der Waals surface area contributed by atoms with Gasteiger partial charge in [-0.3, -0.25) is 0 Å². The molecule has 5 nitrogen and oxygen atoms in total. The molecule has 1 aliphatic rings. The number of nitrogens with zero attached hydrogens (tertiary/aromatic N) is 2. The van der Waals surface area contributed by atoms with E-state index in [2.05, 4.69) is 16.4 Å². The molecule has 142 valence electrons. The number of aliphatic hydroxyl groups excluding tert-OH is 2. The molecular formula is C21H24ClN3O2. The number of fused-ring (bicyclic) bond motifs is 1. The second kappa shape index (κ2) is 7.98. The van der Waals surface area contributed by atoms with Gasteiger partial charge in [0.25, 0.3) is 0 Å². The Bertz CT molecular complexity index is 927. The van der Waals surface area contributed by atoms with E-state index < -0.39 is 6.10 Å². The van der Waals surface area contributed by atoms with Crippen LogP contribution in [0.25, 0.3) is 22.2 Å². The van der Waals surface area contributed by atoms with E-state index in [0.717, 1.165) is 41.5 Å². The summed E-state index contributed by atoms with van der Waals surface area (Å²) in [5.74, 6) is 0. The summed E-state index contributed by atoms with van der Waals surface area (Å²) in [5, 5.41) is 24.7. The Morgan fingerprint density at radius 2 is 2.07 bits per heavy atom. The van der Waals surface area contributed by atoms with E-state index in [1.807, 2.05) is 41.0 Å². The molecule has 6 heteroatoms. The van der Waals surface area contributed by atoms with Crippen LogP contribution in [0.2, 0.25) is 5.02 Å². The Morgan fingerprint density at radius 1 is 1.22 bits per heavy atom. The molecule has 4 rings (SSSR count). The topological polar surface area (TPSA) is 70.3 Å². The normalized spacial score (nSPS) is 21.4. The third kappa shape index (κ3) is 4.17. The SMILES string of the molecule is O[C@H](C[C@H]1NCCC[C@@H]1O)Cn1cnc2ccc(-c3cccc(Cl)c3)cc21. The van der Waals surface area contributed by atoms with Crippen molar-refractivity contribution < 1.29 is 10.2 Å². The van der Waals surface area contributed by atoms with E-state index in [1.54, 1.807) is 6.33 Å². The highest BCUT2D eigenvalue weighted by Crippen LogP contribution is 2.26. The van der Waals surface area contributed by atoms with Gasteiger partial charge in [-0.25, -0.2) is 4.98 Å². The number of halogens is 1. The fourth-order valence-corrected chi connectivity index (χ4v) is 4.01. The van der Waals surface area contributed by atoms with Gasteiger partial charge in [0.15, 0.2) is 0 Å². The Hall–Kier alpha value is -1.92. The van der Waals surface area contributed by atoms with Crippen molar-refractivity contribution in [2.45, 2.75) is 44.1 Å². The lowest BCUT2D eigenvalue weighted by Crippen LogP contribution is -2.46. The van der Waals surface area contributed by atoms with Crippen LogP contribution in [0, 0.1) is 0 Å². The predicted molar refractivity (Wildman–Crippen MR) is 108 cm³/mol. The van der Waals surface area contributed by atoms with E-state index in [4.69, 9.17) is 11.6 Å². The summed E-state index contributed by atoms with van der Waals surface area (Å²) in [6, 6.07) is 13.8. The van der Waals surface area contributed by atoms with Crippen molar-refractivity contribution in [2.75, 3.05) is 6.54 Å². The Labute approximate surface area is 163 Å². The molecular weight excluding hydrogens is 362 g/mol. The lowest BCUT2D eigenvalue weighted by atomic mass is 9.96. The molecule has 0 amide bonds. The molecule has 0 radical (unpaired) electrons. The van der Waals surface area contributed by atoms with Gasteiger partial charge in [0, 0.05) is 11.1 Å². The van der Waals surface area contributed by atoms with Gasteiger partial charge in [-0.2, -0.15) is 0 Å². The maximum Gasteiger partial charge on any atom is 0.0959 e. The summed E-state index contributed by atoms with van der Waals surface area (Å²) in [4.78, 5) is 4.45. The molecule has 0 saturated carbocycles. The first-order valence-electron chi connectivity index (χ1n) is 9.40. The van der Waals surface area contributed by atoms with Crippen LogP contribution in [0.4, 0.5) is 0 Å². The largest absolute Gasteiger partial charge is 0.392 e. The summed E-state index contributed by atoms with van der Waals surface area (Å²) in [6.45, 7) is 1.34. The van der Waals surface area contributed by atoms with Crippen molar-refractivity contribution in [1.29, 1.82) is 0 Å². The fraction of sp³-hybridized carbons (Fsp3) is 0.381. The molecule has 0 unspecified atom stereocenters. The summed E-state index contributed by atoms with van der Waals surface area (Å²) in [6.07, 6.45) is 3.12. The van der Waals surface area contributed by atoms with Gasteiger partial charge < -0.3 is 20.1 Å². The van der Waals surface area contributed by atoms with Crippen LogP contribution >= 0.6 is 11.6 Å². The smallest absolute Gasteiger partial charge is 0.0959 e. The quantitative estimate of drug-likeness (QED) is 0.630. The standard InChI is InChI=1S/C21H24ClN3O2/c22-16-4-1-3-14(9-16)15-6-7-18-20(10-15)25(13-24-18)12-17(26)11-19-21(27)5-2-8-23-19/h1,3-4,6-7,9-10,13,17,19,21,23,26-27H,2,5,8,11-12H2/t17-,19-,21+/m1/s1. The molecule has 1 aromatic heterocycles. The number of hydrogen-bond donors (Lipinski definition) is 3. The minimum absolute atomic E-state index is 0.0504. The minimum atomic E-state index is -0.553. The number of aromatic nitrogens is 2. The highest BCUT2D eigenvalue weighted by Gasteiger charge is 2.25. The van der Waals surface area contributed by atoms with E-state index in [9.17, 15) is 10.2 Å². The molecule has 2 aromatic carbocycles. The molecule has 2 heterocycles. The molecule has 1 aliphatic heterocycles. The van der Waals surface area contributed by atoms with Crippen molar-refractivity contribution in [1.82, 2.24) is 14.9 Å². The predicted octanol–water partition coefficient (Wildman–Crippen LogP) is 3.22. The van der Waals surface area contributed by atoms with Gasteiger partial charge >= 0.3 is 0 Å². The average Bonchev–Trinajstić information content (AvgIpc) is 3.06. The van der Waals surface area contributed by atoms with Crippen LogP contribution in [0.15, 0.2) is 48.8 Å². The van der Waals surface area contributed by atoms with Crippen LogP contribution in [-0.4, -0.2) is 44.6 Å². The van der Waals surface area contributed by atoms with Crippen LogP contribution in [0.3, 0.4) is 0 Å². The van der Waals surface area contributed by atoms with E-state index in [-0.39, 0.29) is 12.1 Å². The van der Waals surface area contributed by atoms with Crippen molar-refractivity contribution in [3.05, 3.63) is 53.8 Å². The van der Waals surface area contributed by atoms with Crippen LogP contribution in [0.1, 0.15) is 19.3 Å². The summed E-state index contributed by atoms with van der Waals surface area (Å²) >= 11 is 6.12. The second-order valence-electron chi connectivity index (χ2n) is 7.27. The molecule has 1 fully saturated rings. The van der Waals surface area contributed by atoms with Gasteiger partial charge in [0.2, 0.25) is 0 Å².